The van der Waals surface area contributed by atoms with E-state index in [9.17, 15) is 12.8 Å². The zero-order valence-corrected chi connectivity index (χ0v) is 13.2. The van der Waals surface area contributed by atoms with E-state index in [0.717, 1.165) is 19.4 Å². The maximum atomic E-state index is 13.8. The van der Waals surface area contributed by atoms with Gasteiger partial charge in [0.2, 0.25) is 10.0 Å². The van der Waals surface area contributed by atoms with Gasteiger partial charge >= 0.3 is 0 Å². The van der Waals surface area contributed by atoms with Crippen molar-refractivity contribution in [2.24, 2.45) is 5.73 Å². The summed E-state index contributed by atoms with van der Waals surface area (Å²) >= 11 is 0. The van der Waals surface area contributed by atoms with Crippen molar-refractivity contribution >= 4 is 10.0 Å². The number of halogens is 1. The fourth-order valence-corrected chi connectivity index (χ4v) is 4.06. The molecule has 7 heteroatoms. The van der Waals surface area contributed by atoms with Gasteiger partial charge in [0.05, 0.1) is 4.90 Å². The standard InChI is InChI=1S/C14H22FN3O2S/c1-10-6-13(7-11(8-16)14(10)15)21(19,20)17-12-4-3-5-18(2)9-12/h6-7,12,17H,3-5,8-9,16H2,1-2H3. The maximum absolute atomic E-state index is 13.8. The smallest absolute Gasteiger partial charge is 0.240 e. The lowest BCUT2D eigenvalue weighted by atomic mass is 10.1. The van der Waals surface area contributed by atoms with Gasteiger partial charge in [-0.2, -0.15) is 0 Å². The van der Waals surface area contributed by atoms with E-state index in [0.29, 0.717) is 12.1 Å². The highest BCUT2D eigenvalue weighted by atomic mass is 32.2. The van der Waals surface area contributed by atoms with Crippen LogP contribution in [-0.4, -0.2) is 39.5 Å². The van der Waals surface area contributed by atoms with Gasteiger partial charge in [-0.1, -0.05) is 0 Å². The van der Waals surface area contributed by atoms with Crippen LogP contribution < -0.4 is 10.5 Å². The number of benzene rings is 1. The second-order valence-corrected chi connectivity index (χ2v) is 7.35. The molecule has 1 heterocycles. The third-order valence-corrected chi connectivity index (χ3v) is 5.28. The molecule has 1 aliphatic heterocycles. The predicted molar refractivity (Wildman–Crippen MR) is 79.9 cm³/mol. The van der Waals surface area contributed by atoms with Gasteiger partial charge in [-0.3, -0.25) is 0 Å². The van der Waals surface area contributed by atoms with E-state index < -0.39 is 15.8 Å². The maximum Gasteiger partial charge on any atom is 0.240 e. The molecule has 1 unspecified atom stereocenters. The van der Waals surface area contributed by atoms with Gasteiger partial charge in [0, 0.05) is 24.7 Å². The first-order chi connectivity index (χ1) is 9.83. The number of hydrogen-bond acceptors (Lipinski definition) is 4. The molecule has 0 radical (unpaired) electrons. The Bertz CT molecular complexity index is 619. The van der Waals surface area contributed by atoms with Gasteiger partial charge in [-0.15, -0.1) is 0 Å². The average Bonchev–Trinajstić information content (AvgIpc) is 2.41. The van der Waals surface area contributed by atoms with E-state index in [-0.39, 0.29) is 23.0 Å². The molecule has 1 saturated heterocycles. The molecule has 0 aliphatic carbocycles. The Labute approximate surface area is 125 Å². The molecule has 2 rings (SSSR count). The number of likely N-dealkylation sites (N-methyl/N-ethyl adjacent to an activating group) is 1. The highest BCUT2D eigenvalue weighted by Gasteiger charge is 2.24. The lowest BCUT2D eigenvalue weighted by Gasteiger charge is -2.30. The van der Waals surface area contributed by atoms with E-state index in [1.54, 1.807) is 6.92 Å². The van der Waals surface area contributed by atoms with Crippen molar-refractivity contribution in [3.05, 3.63) is 29.1 Å². The summed E-state index contributed by atoms with van der Waals surface area (Å²) in [6.07, 6.45) is 1.77. The Morgan fingerprint density at radius 1 is 1.48 bits per heavy atom. The number of nitrogens with two attached hydrogens (primary N) is 1. The number of likely N-dealkylation sites (tertiary alicyclic amines) is 1. The van der Waals surface area contributed by atoms with Crippen LogP contribution in [0.2, 0.25) is 0 Å². The van der Waals surface area contributed by atoms with Crippen LogP contribution in [0, 0.1) is 12.7 Å². The highest BCUT2D eigenvalue weighted by molar-refractivity contribution is 7.89. The van der Waals surface area contributed by atoms with Gasteiger partial charge in [-0.05, 0) is 51.1 Å². The van der Waals surface area contributed by atoms with Gasteiger partial charge < -0.3 is 10.6 Å². The second kappa shape index (κ2) is 6.39. The summed E-state index contributed by atoms with van der Waals surface area (Å²) in [6.45, 7) is 3.18. The molecular weight excluding hydrogens is 293 g/mol. The van der Waals surface area contributed by atoms with E-state index in [4.69, 9.17) is 5.73 Å². The predicted octanol–water partition coefficient (Wildman–Crippen LogP) is 0.965. The van der Waals surface area contributed by atoms with Gasteiger partial charge in [0.1, 0.15) is 5.82 Å². The van der Waals surface area contributed by atoms with Crippen molar-refractivity contribution in [3.63, 3.8) is 0 Å². The third kappa shape index (κ3) is 3.79. The molecule has 0 bridgehead atoms. The zero-order valence-electron chi connectivity index (χ0n) is 12.4. The second-order valence-electron chi connectivity index (χ2n) is 5.64. The molecule has 1 fully saturated rings. The molecule has 0 amide bonds. The Morgan fingerprint density at radius 3 is 2.81 bits per heavy atom. The third-order valence-electron chi connectivity index (χ3n) is 3.78. The van der Waals surface area contributed by atoms with Crippen LogP contribution in [0.3, 0.4) is 0 Å². The molecule has 21 heavy (non-hydrogen) atoms. The quantitative estimate of drug-likeness (QED) is 0.868. The first kappa shape index (κ1) is 16.4. The first-order valence-electron chi connectivity index (χ1n) is 7.03. The number of rotatable bonds is 4. The molecule has 5 nitrogen and oxygen atoms in total. The number of nitrogens with one attached hydrogen (secondary N) is 1. The van der Waals surface area contributed by atoms with Crippen LogP contribution in [0.4, 0.5) is 4.39 Å². The summed E-state index contributed by atoms with van der Waals surface area (Å²) in [5.74, 6) is -0.436. The van der Waals surface area contributed by atoms with Crippen molar-refractivity contribution < 1.29 is 12.8 Å². The fraction of sp³-hybridized carbons (Fsp3) is 0.571. The zero-order chi connectivity index (χ0) is 15.6. The normalized spacial score (nSPS) is 20.7. The van der Waals surface area contributed by atoms with Crippen molar-refractivity contribution in [2.75, 3.05) is 20.1 Å². The van der Waals surface area contributed by atoms with Crippen LogP contribution in [-0.2, 0) is 16.6 Å². The van der Waals surface area contributed by atoms with Crippen LogP contribution >= 0.6 is 0 Å². The largest absolute Gasteiger partial charge is 0.326 e. The minimum Gasteiger partial charge on any atom is -0.326 e. The minimum atomic E-state index is -3.65. The number of piperidine rings is 1. The van der Waals surface area contributed by atoms with E-state index in [2.05, 4.69) is 9.62 Å². The van der Waals surface area contributed by atoms with Crippen LogP contribution in [0.15, 0.2) is 17.0 Å². The Balaban J connectivity index is 2.25. The molecule has 1 atom stereocenters. The molecule has 0 spiro atoms. The summed E-state index contributed by atoms with van der Waals surface area (Å²) in [7, 11) is -1.69. The van der Waals surface area contributed by atoms with E-state index in [1.165, 1.54) is 12.1 Å². The topological polar surface area (TPSA) is 75.4 Å². The van der Waals surface area contributed by atoms with Gasteiger partial charge in [0.25, 0.3) is 0 Å². The first-order valence-corrected chi connectivity index (χ1v) is 8.52. The van der Waals surface area contributed by atoms with Crippen LogP contribution in [0.25, 0.3) is 0 Å². The highest BCUT2D eigenvalue weighted by Crippen LogP contribution is 2.20. The Morgan fingerprint density at radius 2 is 2.19 bits per heavy atom. The molecule has 3 N–H and O–H groups in total. The number of nitrogens with zero attached hydrogens (tertiary/aromatic N) is 1. The summed E-state index contributed by atoms with van der Waals surface area (Å²) in [4.78, 5) is 2.17. The lowest BCUT2D eigenvalue weighted by molar-refractivity contribution is 0.242. The molecular formula is C14H22FN3O2S. The summed E-state index contributed by atoms with van der Waals surface area (Å²) in [5, 5.41) is 0. The molecule has 0 saturated carbocycles. The van der Waals surface area contributed by atoms with E-state index >= 15 is 0 Å². The van der Waals surface area contributed by atoms with E-state index in [1.807, 2.05) is 7.05 Å². The van der Waals surface area contributed by atoms with Crippen molar-refractivity contribution in [1.82, 2.24) is 9.62 Å². The number of aryl methyl sites for hydroxylation is 1. The lowest BCUT2D eigenvalue weighted by Crippen LogP contribution is -2.46. The minimum absolute atomic E-state index is 0.0256. The molecule has 1 aromatic carbocycles. The van der Waals surface area contributed by atoms with Crippen molar-refractivity contribution in [2.45, 2.75) is 37.2 Å². The fourth-order valence-electron chi connectivity index (χ4n) is 2.66. The van der Waals surface area contributed by atoms with Crippen LogP contribution in [0.1, 0.15) is 24.0 Å². The SMILES string of the molecule is Cc1cc(S(=O)(=O)NC2CCCN(C)C2)cc(CN)c1F. The van der Waals surface area contributed by atoms with Crippen molar-refractivity contribution in [1.29, 1.82) is 0 Å². The monoisotopic (exact) mass is 315 g/mol. The average molecular weight is 315 g/mol. The van der Waals surface area contributed by atoms with Crippen molar-refractivity contribution in [3.8, 4) is 0 Å². The Hall–Kier alpha value is -1.02. The Kier molecular flexibility index (Phi) is 4.98. The molecule has 1 aromatic rings. The number of sulfonamides is 1. The summed E-state index contributed by atoms with van der Waals surface area (Å²) < 4.78 is 41.4. The summed E-state index contributed by atoms with van der Waals surface area (Å²) in [6, 6.07) is 2.56. The molecule has 1 aliphatic rings. The molecule has 118 valence electrons. The van der Waals surface area contributed by atoms with Gasteiger partial charge in [0.15, 0.2) is 0 Å². The van der Waals surface area contributed by atoms with Crippen LogP contribution in [0.5, 0.6) is 0 Å². The summed E-state index contributed by atoms with van der Waals surface area (Å²) in [5.41, 5.74) is 5.98. The molecule has 0 aromatic heterocycles. The van der Waals surface area contributed by atoms with Gasteiger partial charge in [-0.25, -0.2) is 17.5 Å². The number of hydrogen-bond donors (Lipinski definition) is 2.